The number of carbonyl (C=O) groups excluding carboxylic acids is 3. The molecular formula is C21H30O9. The first-order valence-corrected chi connectivity index (χ1v) is 9.44. The molecule has 0 aliphatic heterocycles. The maximum atomic E-state index is 12.6. The Labute approximate surface area is 175 Å². The predicted molar refractivity (Wildman–Crippen MR) is 106 cm³/mol. The minimum absolute atomic E-state index is 0.0100. The molecular weight excluding hydrogens is 396 g/mol. The van der Waals surface area contributed by atoms with Crippen LogP contribution in [0, 0.1) is 10.8 Å². The summed E-state index contributed by atoms with van der Waals surface area (Å²) in [5, 5.41) is 27.4. The first-order chi connectivity index (χ1) is 14.0. The van der Waals surface area contributed by atoms with Gasteiger partial charge in [0.1, 0.15) is 6.61 Å². The summed E-state index contributed by atoms with van der Waals surface area (Å²) in [7, 11) is 0. The normalized spacial score (nSPS) is 11.7. The van der Waals surface area contributed by atoms with Gasteiger partial charge in [0, 0.05) is 10.8 Å². The van der Waals surface area contributed by atoms with Crippen molar-refractivity contribution in [1.29, 1.82) is 0 Å². The Kier molecular flexibility index (Phi) is 9.41. The molecule has 0 saturated carbocycles. The number of rotatable bonds is 11. The van der Waals surface area contributed by atoms with E-state index in [0.29, 0.717) is 0 Å². The Hall–Kier alpha value is -2.49. The van der Waals surface area contributed by atoms with E-state index in [1.54, 1.807) is 27.7 Å². The summed E-state index contributed by atoms with van der Waals surface area (Å²) in [6, 6.07) is 3.71. The Morgan fingerprint density at radius 3 is 1.77 bits per heavy atom. The van der Waals surface area contributed by atoms with Crippen molar-refractivity contribution in [1.82, 2.24) is 0 Å². The fourth-order valence-electron chi connectivity index (χ4n) is 2.01. The van der Waals surface area contributed by atoms with Crippen LogP contribution in [0.4, 0.5) is 0 Å². The fraction of sp³-hybridized carbons (Fsp3) is 0.571. The predicted octanol–water partition coefficient (Wildman–Crippen LogP) is 1.19. The van der Waals surface area contributed by atoms with Gasteiger partial charge >= 0.3 is 17.9 Å². The first-order valence-electron chi connectivity index (χ1n) is 9.44. The lowest BCUT2D eigenvalue weighted by Crippen LogP contribution is -2.27. The lowest BCUT2D eigenvalue weighted by Gasteiger charge is -2.22. The second kappa shape index (κ2) is 11.1. The Morgan fingerprint density at radius 1 is 0.767 bits per heavy atom. The molecule has 0 spiro atoms. The van der Waals surface area contributed by atoms with Crippen molar-refractivity contribution < 1.29 is 43.9 Å². The number of benzene rings is 1. The molecule has 9 heteroatoms. The molecule has 0 amide bonds. The van der Waals surface area contributed by atoms with E-state index in [4.69, 9.17) is 19.3 Å². The van der Waals surface area contributed by atoms with E-state index < -0.39 is 28.7 Å². The highest BCUT2D eigenvalue weighted by atomic mass is 16.5. The molecule has 0 atom stereocenters. The van der Waals surface area contributed by atoms with E-state index in [-0.39, 0.29) is 56.3 Å². The van der Waals surface area contributed by atoms with Gasteiger partial charge in [-0.2, -0.15) is 0 Å². The van der Waals surface area contributed by atoms with Gasteiger partial charge in [0.05, 0.1) is 49.7 Å². The zero-order valence-electron chi connectivity index (χ0n) is 17.8. The quantitative estimate of drug-likeness (QED) is 0.351. The summed E-state index contributed by atoms with van der Waals surface area (Å²) in [4.78, 5) is 37.2. The van der Waals surface area contributed by atoms with Gasteiger partial charge in [-0.05, 0) is 18.2 Å². The monoisotopic (exact) mass is 426 g/mol. The highest BCUT2D eigenvalue weighted by Gasteiger charge is 2.26. The van der Waals surface area contributed by atoms with Crippen molar-refractivity contribution in [3.63, 3.8) is 0 Å². The molecule has 30 heavy (non-hydrogen) atoms. The molecule has 0 saturated heterocycles. The Bertz CT molecular complexity index is 753. The SMILES string of the molecule is CC(C)(CO)COC(=O)c1ccc(C(=O)OCCO)c(C(=O)OCC(C)(C)CO)c1. The maximum Gasteiger partial charge on any atom is 0.339 e. The number of hydrogen-bond acceptors (Lipinski definition) is 9. The highest BCUT2D eigenvalue weighted by molar-refractivity contribution is 6.05. The molecule has 1 aromatic carbocycles. The van der Waals surface area contributed by atoms with Gasteiger partial charge in [0.15, 0.2) is 0 Å². The van der Waals surface area contributed by atoms with Gasteiger partial charge in [-0.25, -0.2) is 14.4 Å². The Balaban J connectivity index is 3.15. The topological polar surface area (TPSA) is 140 Å². The van der Waals surface area contributed by atoms with Crippen molar-refractivity contribution in [2.45, 2.75) is 27.7 Å². The summed E-state index contributed by atoms with van der Waals surface area (Å²) in [5.74, 6) is -2.48. The second-order valence-electron chi connectivity index (χ2n) is 8.42. The van der Waals surface area contributed by atoms with Gasteiger partial charge in [-0.1, -0.05) is 27.7 Å². The smallest absolute Gasteiger partial charge is 0.339 e. The average Bonchev–Trinajstić information content (AvgIpc) is 2.73. The molecule has 0 unspecified atom stereocenters. The van der Waals surface area contributed by atoms with E-state index in [0.717, 1.165) is 6.07 Å². The van der Waals surface area contributed by atoms with Crippen LogP contribution in [0.15, 0.2) is 18.2 Å². The van der Waals surface area contributed by atoms with Crippen LogP contribution in [0.25, 0.3) is 0 Å². The molecule has 0 radical (unpaired) electrons. The third kappa shape index (κ3) is 7.74. The van der Waals surface area contributed by atoms with Crippen molar-refractivity contribution in [3.05, 3.63) is 34.9 Å². The summed E-state index contributed by atoms with van der Waals surface area (Å²) in [6.07, 6.45) is 0. The number of aliphatic hydroxyl groups excluding tert-OH is 3. The maximum absolute atomic E-state index is 12.6. The third-order valence-corrected chi connectivity index (χ3v) is 4.06. The lowest BCUT2D eigenvalue weighted by atomic mass is 9.96. The van der Waals surface area contributed by atoms with Crippen molar-refractivity contribution in [3.8, 4) is 0 Å². The molecule has 0 heterocycles. The van der Waals surface area contributed by atoms with Crippen LogP contribution in [-0.4, -0.2) is 72.9 Å². The highest BCUT2D eigenvalue weighted by Crippen LogP contribution is 2.20. The summed E-state index contributed by atoms with van der Waals surface area (Å²) in [5.41, 5.74) is -1.66. The van der Waals surface area contributed by atoms with Crippen LogP contribution in [0.5, 0.6) is 0 Å². The number of ether oxygens (including phenoxy) is 3. The standard InChI is InChI=1S/C21H30O9/c1-20(2,10-23)12-29-17(25)14-5-6-15(18(26)28-8-7-22)16(9-14)19(27)30-13-21(3,4)11-24/h5-6,9,22-24H,7-8,10-13H2,1-4H3. The minimum Gasteiger partial charge on any atom is -0.461 e. The van der Waals surface area contributed by atoms with Crippen molar-refractivity contribution >= 4 is 17.9 Å². The van der Waals surface area contributed by atoms with Crippen LogP contribution in [-0.2, 0) is 14.2 Å². The zero-order valence-corrected chi connectivity index (χ0v) is 17.8. The number of aliphatic hydroxyl groups is 3. The molecule has 0 bridgehead atoms. The minimum atomic E-state index is -0.877. The van der Waals surface area contributed by atoms with E-state index in [1.807, 2.05) is 0 Å². The van der Waals surface area contributed by atoms with Gasteiger partial charge in [0.2, 0.25) is 0 Å². The summed E-state index contributed by atoms with van der Waals surface area (Å²) < 4.78 is 15.2. The summed E-state index contributed by atoms with van der Waals surface area (Å²) >= 11 is 0. The van der Waals surface area contributed by atoms with Crippen LogP contribution in [0.3, 0.4) is 0 Å². The van der Waals surface area contributed by atoms with Gasteiger partial charge in [0.25, 0.3) is 0 Å². The van der Waals surface area contributed by atoms with E-state index in [2.05, 4.69) is 0 Å². The largest absolute Gasteiger partial charge is 0.461 e. The van der Waals surface area contributed by atoms with Crippen LogP contribution >= 0.6 is 0 Å². The molecule has 9 nitrogen and oxygen atoms in total. The average molecular weight is 426 g/mol. The molecule has 1 rings (SSSR count). The van der Waals surface area contributed by atoms with Gasteiger partial charge in [-0.15, -0.1) is 0 Å². The molecule has 168 valence electrons. The molecule has 1 aromatic rings. The van der Waals surface area contributed by atoms with Crippen LogP contribution in [0.1, 0.15) is 58.8 Å². The van der Waals surface area contributed by atoms with E-state index in [1.165, 1.54) is 12.1 Å². The van der Waals surface area contributed by atoms with Crippen LogP contribution in [0.2, 0.25) is 0 Å². The number of carbonyl (C=O) groups is 3. The third-order valence-electron chi connectivity index (χ3n) is 4.06. The zero-order chi connectivity index (χ0) is 22.9. The molecule has 0 aliphatic rings. The van der Waals surface area contributed by atoms with Crippen molar-refractivity contribution in [2.75, 3.05) is 39.6 Å². The molecule has 3 N–H and O–H groups in total. The molecule has 0 aliphatic carbocycles. The first kappa shape index (κ1) is 25.5. The molecule has 0 aromatic heterocycles. The fourth-order valence-corrected chi connectivity index (χ4v) is 2.01. The van der Waals surface area contributed by atoms with Crippen molar-refractivity contribution in [2.24, 2.45) is 10.8 Å². The van der Waals surface area contributed by atoms with Gasteiger partial charge < -0.3 is 29.5 Å². The second-order valence-corrected chi connectivity index (χ2v) is 8.42. The summed E-state index contributed by atoms with van der Waals surface area (Å²) in [6.45, 7) is 5.58. The van der Waals surface area contributed by atoms with Gasteiger partial charge in [-0.3, -0.25) is 0 Å². The Morgan fingerprint density at radius 2 is 1.27 bits per heavy atom. The number of hydrogen-bond donors (Lipinski definition) is 3. The lowest BCUT2D eigenvalue weighted by molar-refractivity contribution is 0.0208. The van der Waals surface area contributed by atoms with E-state index >= 15 is 0 Å². The number of esters is 3. The molecule has 0 fully saturated rings. The van der Waals surface area contributed by atoms with E-state index in [9.17, 15) is 24.6 Å². The van der Waals surface area contributed by atoms with Crippen LogP contribution < -0.4 is 0 Å².